The number of aromatic nitrogens is 2. The number of amides is 2. The predicted octanol–water partition coefficient (Wildman–Crippen LogP) is 3.13. The Morgan fingerprint density at radius 2 is 1.96 bits per heavy atom. The second-order valence-electron chi connectivity index (χ2n) is 7.09. The Bertz CT molecular complexity index is 764. The van der Waals surface area contributed by atoms with Crippen molar-refractivity contribution in [2.24, 2.45) is 0 Å². The highest BCUT2D eigenvalue weighted by Crippen LogP contribution is 2.24. The van der Waals surface area contributed by atoms with E-state index in [1.165, 1.54) is 4.90 Å². The molecule has 0 fully saturated rings. The van der Waals surface area contributed by atoms with Gasteiger partial charge in [0.15, 0.2) is 5.69 Å². The van der Waals surface area contributed by atoms with Crippen molar-refractivity contribution in [3.63, 3.8) is 0 Å². The first-order valence-electron chi connectivity index (χ1n) is 8.30. The van der Waals surface area contributed by atoms with Crippen molar-refractivity contribution in [2.75, 3.05) is 6.54 Å². The molecule has 2 aromatic rings. The molecule has 26 heavy (non-hydrogen) atoms. The summed E-state index contributed by atoms with van der Waals surface area (Å²) in [7, 11) is 0. The van der Waals surface area contributed by atoms with E-state index in [-0.39, 0.29) is 24.1 Å². The van der Waals surface area contributed by atoms with E-state index < -0.39 is 11.6 Å². The Labute approximate surface area is 158 Å². The third-order valence-electron chi connectivity index (χ3n) is 3.62. The summed E-state index contributed by atoms with van der Waals surface area (Å²) in [6.07, 6.45) is 1.60. The predicted molar refractivity (Wildman–Crippen MR) is 103 cm³/mol. The highest BCUT2D eigenvalue weighted by atomic mass is 32.1. The quantitative estimate of drug-likeness (QED) is 0.791. The first-order valence-corrected chi connectivity index (χ1v) is 9.14. The Hall–Kier alpha value is -2.54. The van der Waals surface area contributed by atoms with E-state index in [1.54, 1.807) is 11.5 Å². The van der Waals surface area contributed by atoms with Gasteiger partial charge in [0.2, 0.25) is 5.91 Å². The fourth-order valence-electron chi connectivity index (χ4n) is 2.51. The minimum atomic E-state index is -0.790. The fraction of sp³-hybridized carbons (Fsp3) is 0.368. The Morgan fingerprint density at radius 1 is 1.31 bits per heavy atom. The van der Waals surface area contributed by atoms with Gasteiger partial charge in [-0.3, -0.25) is 9.59 Å². The van der Waals surface area contributed by atoms with Crippen LogP contribution in [0, 0.1) is 6.92 Å². The zero-order valence-electron chi connectivity index (χ0n) is 15.5. The van der Waals surface area contributed by atoms with Crippen LogP contribution < -0.4 is 5.32 Å². The van der Waals surface area contributed by atoms with Crippen LogP contribution in [-0.2, 0) is 4.79 Å². The molecule has 7 heteroatoms. The Balaban J connectivity index is 2.47. The lowest BCUT2D eigenvalue weighted by atomic mass is 10.00. The molecule has 1 atom stereocenters. The maximum absolute atomic E-state index is 13.1. The molecule has 1 aromatic heterocycles. The van der Waals surface area contributed by atoms with Crippen molar-refractivity contribution in [1.29, 1.82) is 0 Å². The van der Waals surface area contributed by atoms with Crippen molar-refractivity contribution in [3.05, 3.63) is 59.1 Å². The molecule has 2 amide bonds. The average molecular weight is 372 g/mol. The van der Waals surface area contributed by atoms with Crippen LogP contribution in [0.3, 0.4) is 0 Å². The molecule has 6 nitrogen and oxygen atoms in total. The van der Waals surface area contributed by atoms with E-state index in [4.69, 9.17) is 0 Å². The molecule has 0 aliphatic heterocycles. The van der Waals surface area contributed by atoms with Gasteiger partial charge in [-0.2, -0.15) is 0 Å². The van der Waals surface area contributed by atoms with Crippen molar-refractivity contribution in [1.82, 2.24) is 19.8 Å². The highest BCUT2D eigenvalue weighted by Gasteiger charge is 2.33. The van der Waals surface area contributed by atoms with Gasteiger partial charge in [0.25, 0.3) is 5.91 Å². The number of carbonyl (C=O) groups is 2. The number of hydrogen-bond acceptors (Lipinski definition) is 5. The van der Waals surface area contributed by atoms with Crippen LogP contribution >= 0.6 is 11.5 Å². The molecular formula is C19H24N4O2S. The molecule has 0 aliphatic carbocycles. The molecule has 1 N–H and O–H groups in total. The van der Waals surface area contributed by atoms with Crippen LogP contribution in [0.15, 0.2) is 42.3 Å². The van der Waals surface area contributed by atoms with Gasteiger partial charge < -0.3 is 10.2 Å². The minimum absolute atomic E-state index is 0.215. The average Bonchev–Trinajstić information content (AvgIpc) is 3.08. The van der Waals surface area contributed by atoms with Crippen molar-refractivity contribution >= 4 is 23.3 Å². The summed E-state index contributed by atoms with van der Waals surface area (Å²) in [6, 6.07) is 6.79. The standard InChI is InChI=1S/C19H24N4O2S/c1-6-11-23(18(25)15-12-26-22-21-15)16(17(24)20-19(3,4)5)14-9-7-13(2)8-10-14/h6-10,12,16H,1,11H2,2-5H3,(H,20,24). The van der Waals surface area contributed by atoms with Crippen LogP contribution in [0.2, 0.25) is 0 Å². The fourth-order valence-corrected chi connectivity index (χ4v) is 2.94. The zero-order valence-corrected chi connectivity index (χ0v) is 16.3. The van der Waals surface area contributed by atoms with Crippen molar-refractivity contribution in [3.8, 4) is 0 Å². The van der Waals surface area contributed by atoms with Crippen LogP contribution in [0.1, 0.15) is 48.4 Å². The summed E-state index contributed by atoms with van der Waals surface area (Å²) in [4.78, 5) is 27.5. The Kier molecular flexibility index (Phi) is 6.26. The molecule has 138 valence electrons. The number of carbonyl (C=O) groups excluding carboxylic acids is 2. The van der Waals surface area contributed by atoms with E-state index in [0.717, 1.165) is 22.7 Å². The van der Waals surface area contributed by atoms with Gasteiger partial charge in [0.05, 0.1) is 0 Å². The molecule has 0 bridgehead atoms. The van der Waals surface area contributed by atoms with Gasteiger partial charge in [-0.05, 0) is 44.8 Å². The normalized spacial score (nSPS) is 12.3. The smallest absolute Gasteiger partial charge is 0.276 e. The summed E-state index contributed by atoms with van der Waals surface area (Å²) in [5.41, 5.74) is 1.60. The van der Waals surface area contributed by atoms with E-state index in [9.17, 15) is 9.59 Å². The van der Waals surface area contributed by atoms with E-state index in [1.807, 2.05) is 52.0 Å². The zero-order chi connectivity index (χ0) is 19.3. The summed E-state index contributed by atoms with van der Waals surface area (Å²) in [6.45, 7) is 11.6. The SMILES string of the molecule is C=CCN(C(=O)c1csnn1)C(C(=O)NC(C)(C)C)c1ccc(C)cc1. The van der Waals surface area contributed by atoms with Crippen LogP contribution in [-0.4, -0.2) is 38.4 Å². The highest BCUT2D eigenvalue weighted by molar-refractivity contribution is 7.03. The molecule has 1 unspecified atom stereocenters. The first kappa shape index (κ1) is 19.8. The van der Waals surface area contributed by atoms with Gasteiger partial charge in [-0.1, -0.05) is 40.4 Å². The van der Waals surface area contributed by atoms with Gasteiger partial charge in [0.1, 0.15) is 6.04 Å². The molecule has 0 saturated carbocycles. The molecule has 2 rings (SSSR count). The van der Waals surface area contributed by atoms with Crippen molar-refractivity contribution in [2.45, 2.75) is 39.3 Å². The monoisotopic (exact) mass is 372 g/mol. The molecule has 0 spiro atoms. The number of benzene rings is 1. The van der Waals surface area contributed by atoms with Gasteiger partial charge in [-0.15, -0.1) is 11.7 Å². The summed E-state index contributed by atoms with van der Waals surface area (Å²) in [5, 5.41) is 8.40. The second-order valence-corrected chi connectivity index (χ2v) is 7.70. The lowest BCUT2D eigenvalue weighted by Crippen LogP contribution is -2.49. The number of rotatable bonds is 6. The lowest BCUT2D eigenvalue weighted by Gasteiger charge is -2.32. The lowest BCUT2D eigenvalue weighted by molar-refractivity contribution is -0.127. The van der Waals surface area contributed by atoms with Gasteiger partial charge in [0, 0.05) is 17.5 Å². The Morgan fingerprint density at radius 3 is 2.46 bits per heavy atom. The minimum Gasteiger partial charge on any atom is -0.349 e. The molecule has 0 saturated heterocycles. The van der Waals surface area contributed by atoms with Crippen molar-refractivity contribution < 1.29 is 9.59 Å². The summed E-state index contributed by atoms with van der Waals surface area (Å²) < 4.78 is 3.75. The van der Waals surface area contributed by atoms with Crippen LogP contribution in [0.25, 0.3) is 0 Å². The topological polar surface area (TPSA) is 75.2 Å². The molecule has 1 heterocycles. The molecule has 1 aromatic carbocycles. The van der Waals surface area contributed by atoms with E-state index in [0.29, 0.717) is 0 Å². The number of aryl methyl sites for hydroxylation is 1. The third-order valence-corrected chi connectivity index (χ3v) is 4.12. The van der Waals surface area contributed by atoms with E-state index in [2.05, 4.69) is 21.5 Å². The van der Waals surface area contributed by atoms with Crippen LogP contribution in [0.4, 0.5) is 0 Å². The van der Waals surface area contributed by atoms with Gasteiger partial charge in [-0.25, -0.2) is 0 Å². The second kappa shape index (κ2) is 8.23. The summed E-state index contributed by atoms with van der Waals surface area (Å²) >= 11 is 1.10. The largest absolute Gasteiger partial charge is 0.349 e. The number of hydrogen-bond donors (Lipinski definition) is 1. The van der Waals surface area contributed by atoms with Crippen LogP contribution in [0.5, 0.6) is 0 Å². The number of nitrogens with zero attached hydrogens (tertiary/aromatic N) is 3. The molecular weight excluding hydrogens is 348 g/mol. The maximum atomic E-state index is 13.1. The molecule has 0 aliphatic rings. The van der Waals surface area contributed by atoms with Gasteiger partial charge >= 0.3 is 0 Å². The third kappa shape index (κ3) is 4.98. The summed E-state index contributed by atoms with van der Waals surface area (Å²) in [5.74, 6) is -0.604. The first-order chi connectivity index (χ1) is 12.2. The van der Waals surface area contributed by atoms with E-state index >= 15 is 0 Å². The maximum Gasteiger partial charge on any atom is 0.276 e. The molecule has 0 radical (unpaired) electrons. The number of nitrogens with one attached hydrogen (secondary N) is 1.